The second-order valence-corrected chi connectivity index (χ2v) is 7.37. The van der Waals surface area contributed by atoms with Crippen LogP contribution in [0.2, 0.25) is 0 Å². The molecule has 0 aliphatic heterocycles. The Kier molecular flexibility index (Phi) is 4.28. The van der Waals surface area contributed by atoms with Crippen LogP contribution in [-0.2, 0) is 0 Å². The van der Waals surface area contributed by atoms with Crippen LogP contribution in [-0.4, -0.2) is 12.6 Å². The smallest absolute Gasteiger partial charge is 0.00674 e. The van der Waals surface area contributed by atoms with Crippen LogP contribution in [0.25, 0.3) is 0 Å². The molecule has 3 saturated carbocycles. The van der Waals surface area contributed by atoms with Gasteiger partial charge in [0.1, 0.15) is 0 Å². The molecular formula is C17H31N. The first-order chi connectivity index (χ1) is 8.86. The molecule has 0 amide bonds. The number of rotatable bonds is 4. The molecule has 0 unspecified atom stereocenters. The molecule has 0 aromatic heterocycles. The Bertz CT molecular complexity index is 238. The van der Waals surface area contributed by atoms with E-state index in [1.807, 2.05) is 0 Å². The fourth-order valence-corrected chi connectivity index (χ4v) is 4.85. The van der Waals surface area contributed by atoms with Crippen molar-refractivity contribution in [2.45, 2.75) is 89.5 Å². The minimum atomic E-state index is 0.809. The van der Waals surface area contributed by atoms with Gasteiger partial charge in [0.2, 0.25) is 0 Å². The standard InChI is InChI=1S/C17H31N/c1-2-6-15(5-1)9-14-18-16-7-12-17(13-8-16)10-3-4-11-17/h15-16,18H,1-14H2. The average molecular weight is 249 g/mol. The van der Waals surface area contributed by atoms with Gasteiger partial charge in [-0.3, -0.25) is 0 Å². The SMILES string of the molecule is C1CCC(CCNC2CCC3(CCCC3)CC2)C1. The topological polar surface area (TPSA) is 12.0 Å². The first-order valence-electron chi connectivity index (χ1n) is 8.60. The highest BCUT2D eigenvalue weighted by Crippen LogP contribution is 2.48. The van der Waals surface area contributed by atoms with Gasteiger partial charge < -0.3 is 5.32 Å². The lowest BCUT2D eigenvalue weighted by Gasteiger charge is -2.37. The van der Waals surface area contributed by atoms with E-state index in [0.29, 0.717) is 0 Å². The van der Waals surface area contributed by atoms with Crippen molar-refractivity contribution in [2.24, 2.45) is 11.3 Å². The third kappa shape index (κ3) is 3.10. The first-order valence-corrected chi connectivity index (χ1v) is 8.60. The minimum Gasteiger partial charge on any atom is -0.314 e. The van der Waals surface area contributed by atoms with Crippen molar-refractivity contribution in [3.63, 3.8) is 0 Å². The molecule has 0 bridgehead atoms. The van der Waals surface area contributed by atoms with Gasteiger partial charge in [0.25, 0.3) is 0 Å². The second kappa shape index (κ2) is 5.94. The fraction of sp³-hybridized carbons (Fsp3) is 1.00. The molecule has 3 aliphatic rings. The van der Waals surface area contributed by atoms with Crippen LogP contribution in [0, 0.1) is 11.3 Å². The fourth-order valence-electron chi connectivity index (χ4n) is 4.85. The largest absolute Gasteiger partial charge is 0.314 e. The summed E-state index contributed by atoms with van der Waals surface area (Å²) in [5.74, 6) is 1.06. The van der Waals surface area contributed by atoms with E-state index >= 15 is 0 Å². The highest BCUT2D eigenvalue weighted by Gasteiger charge is 2.37. The van der Waals surface area contributed by atoms with Gasteiger partial charge >= 0.3 is 0 Å². The molecule has 3 aliphatic carbocycles. The van der Waals surface area contributed by atoms with Gasteiger partial charge in [-0.2, -0.15) is 0 Å². The van der Waals surface area contributed by atoms with Crippen LogP contribution in [0.1, 0.15) is 83.5 Å². The molecule has 104 valence electrons. The Morgan fingerprint density at radius 2 is 1.44 bits per heavy atom. The summed E-state index contributed by atoms with van der Waals surface area (Å²) in [7, 11) is 0. The summed E-state index contributed by atoms with van der Waals surface area (Å²) in [6.45, 7) is 1.29. The van der Waals surface area contributed by atoms with Crippen molar-refractivity contribution in [1.29, 1.82) is 0 Å². The summed E-state index contributed by atoms with van der Waals surface area (Å²) in [5, 5.41) is 3.85. The lowest BCUT2D eigenvalue weighted by molar-refractivity contribution is 0.168. The highest BCUT2D eigenvalue weighted by atomic mass is 14.9. The average Bonchev–Trinajstić information content (AvgIpc) is 3.04. The van der Waals surface area contributed by atoms with Crippen LogP contribution >= 0.6 is 0 Å². The summed E-state index contributed by atoms with van der Waals surface area (Å²) in [6.07, 6.45) is 19.5. The van der Waals surface area contributed by atoms with Crippen LogP contribution < -0.4 is 5.32 Å². The van der Waals surface area contributed by atoms with Crippen molar-refractivity contribution >= 4 is 0 Å². The maximum absolute atomic E-state index is 3.85. The van der Waals surface area contributed by atoms with Gasteiger partial charge in [0.15, 0.2) is 0 Å². The Labute approximate surface area is 113 Å². The zero-order valence-corrected chi connectivity index (χ0v) is 12.1. The first kappa shape index (κ1) is 13.0. The van der Waals surface area contributed by atoms with E-state index in [0.717, 1.165) is 17.4 Å². The van der Waals surface area contributed by atoms with E-state index in [9.17, 15) is 0 Å². The molecule has 18 heavy (non-hydrogen) atoms. The molecule has 1 N–H and O–H groups in total. The lowest BCUT2D eigenvalue weighted by atomic mass is 9.71. The number of nitrogens with one attached hydrogen (secondary N) is 1. The summed E-state index contributed by atoms with van der Waals surface area (Å²) in [4.78, 5) is 0. The summed E-state index contributed by atoms with van der Waals surface area (Å²) >= 11 is 0. The molecule has 0 radical (unpaired) electrons. The lowest BCUT2D eigenvalue weighted by Crippen LogP contribution is -2.37. The quantitative estimate of drug-likeness (QED) is 0.764. The van der Waals surface area contributed by atoms with E-state index in [1.165, 1.54) is 77.2 Å². The molecule has 3 fully saturated rings. The summed E-state index contributed by atoms with van der Waals surface area (Å²) in [5.41, 5.74) is 0.809. The van der Waals surface area contributed by atoms with Gasteiger partial charge in [-0.05, 0) is 62.8 Å². The molecular weight excluding hydrogens is 218 g/mol. The molecule has 1 spiro atoms. The van der Waals surface area contributed by atoms with Crippen molar-refractivity contribution in [3.05, 3.63) is 0 Å². The second-order valence-electron chi connectivity index (χ2n) is 7.37. The summed E-state index contributed by atoms with van der Waals surface area (Å²) < 4.78 is 0. The monoisotopic (exact) mass is 249 g/mol. The molecule has 3 rings (SSSR count). The molecule has 0 aromatic carbocycles. The van der Waals surface area contributed by atoms with E-state index < -0.39 is 0 Å². The van der Waals surface area contributed by atoms with Gasteiger partial charge in [0.05, 0.1) is 0 Å². The molecule has 0 saturated heterocycles. The maximum atomic E-state index is 3.85. The summed E-state index contributed by atoms with van der Waals surface area (Å²) in [6, 6.07) is 0.859. The van der Waals surface area contributed by atoms with E-state index in [1.54, 1.807) is 12.8 Å². The normalized spacial score (nSPS) is 29.3. The van der Waals surface area contributed by atoms with Crippen LogP contribution in [0.3, 0.4) is 0 Å². The van der Waals surface area contributed by atoms with Gasteiger partial charge in [-0.15, -0.1) is 0 Å². The third-order valence-corrected chi connectivity index (χ3v) is 6.17. The highest BCUT2D eigenvalue weighted by molar-refractivity contribution is 4.91. The van der Waals surface area contributed by atoms with Crippen molar-refractivity contribution < 1.29 is 0 Å². The van der Waals surface area contributed by atoms with Crippen molar-refractivity contribution in [3.8, 4) is 0 Å². The predicted octanol–water partition coefficient (Wildman–Crippen LogP) is 4.66. The zero-order chi connectivity index (χ0) is 12.3. The van der Waals surface area contributed by atoms with Crippen molar-refractivity contribution in [2.75, 3.05) is 6.54 Å². The van der Waals surface area contributed by atoms with Gasteiger partial charge in [0, 0.05) is 6.04 Å². The van der Waals surface area contributed by atoms with Crippen molar-refractivity contribution in [1.82, 2.24) is 5.32 Å². The number of hydrogen-bond acceptors (Lipinski definition) is 1. The van der Waals surface area contributed by atoms with E-state index in [-0.39, 0.29) is 0 Å². The van der Waals surface area contributed by atoms with Gasteiger partial charge in [-0.25, -0.2) is 0 Å². The Morgan fingerprint density at radius 1 is 0.778 bits per heavy atom. The predicted molar refractivity (Wildman–Crippen MR) is 77.7 cm³/mol. The molecule has 1 nitrogen and oxygen atoms in total. The third-order valence-electron chi connectivity index (χ3n) is 6.17. The van der Waals surface area contributed by atoms with Crippen LogP contribution in [0.4, 0.5) is 0 Å². The van der Waals surface area contributed by atoms with Gasteiger partial charge in [-0.1, -0.05) is 38.5 Å². The minimum absolute atomic E-state index is 0.809. The van der Waals surface area contributed by atoms with Crippen LogP contribution in [0.5, 0.6) is 0 Å². The molecule has 0 heterocycles. The number of hydrogen-bond donors (Lipinski definition) is 1. The molecule has 0 atom stereocenters. The molecule has 1 heteroatoms. The Morgan fingerprint density at radius 3 is 2.11 bits per heavy atom. The Balaban J connectivity index is 1.32. The van der Waals surface area contributed by atoms with E-state index in [4.69, 9.17) is 0 Å². The maximum Gasteiger partial charge on any atom is 0.00674 e. The molecule has 0 aromatic rings. The zero-order valence-electron chi connectivity index (χ0n) is 12.1. The van der Waals surface area contributed by atoms with Crippen LogP contribution in [0.15, 0.2) is 0 Å². The van der Waals surface area contributed by atoms with E-state index in [2.05, 4.69) is 5.32 Å². The Hall–Kier alpha value is -0.0400.